The molecule has 0 saturated carbocycles. The molecule has 0 saturated heterocycles. The van der Waals surface area contributed by atoms with Gasteiger partial charge in [-0.3, -0.25) is 4.79 Å². The van der Waals surface area contributed by atoms with Crippen LogP contribution >= 0.6 is 0 Å². The number of ether oxygens (including phenoxy) is 1. The molecule has 0 aromatic heterocycles. The molecule has 0 atom stereocenters. The third kappa shape index (κ3) is 5.04. The number of carboxylic acid groups (broad SMARTS) is 1. The highest BCUT2D eigenvalue weighted by atomic mass is 16.5. The third-order valence-electron chi connectivity index (χ3n) is 6.35. The van der Waals surface area contributed by atoms with Crippen LogP contribution in [0.2, 0.25) is 0 Å². The average molecular weight is 473 g/mol. The number of amides is 2. The number of fused-ring (bicyclic) bond motifs is 3. The van der Waals surface area contributed by atoms with Crippen LogP contribution < -0.4 is 10.6 Å². The summed E-state index contributed by atoms with van der Waals surface area (Å²) >= 11 is 0. The van der Waals surface area contributed by atoms with Gasteiger partial charge >= 0.3 is 12.1 Å². The molecular weight excluding hydrogens is 444 g/mol. The fourth-order valence-electron chi connectivity index (χ4n) is 4.25. The first-order valence-corrected chi connectivity index (χ1v) is 11.4. The van der Waals surface area contributed by atoms with Crippen molar-refractivity contribution in [2.75, 3.05) is 18.5 Å². The van der Waals surface area contributed by atoms with Gasteiger partial charge in [0.15, 0.2) is 0 Å². The summed E-state index contributed by atoms with van der Waals surface area (Å²) in [6.45, 7) is 5.42. The maximum Gasteiger partial charge on any atom is 0.407 e. The number of benzene rings is 3. The van der Waals surface area contributed by atoms with E-state index in [4.69, 9.17) is 9.84 Å². The van der Waals surface area contributed by atoms with Crippen molar-refractivity contribution in [3.05, 3.63) is 89.0 Å². The molecule has 35 heavy (non-hydrogen) atoms. The van der Waals surface area contributed by atoms with Crippen molar-refractivity contribution in [3.8, 4) is 11.1 Å². The van der Waals surface area contributed by atoms with Crippen LogP contribution in [0, 0.1) is 12.3 Å². The predicted molar refractivity (Wildman–Crippen MR) is 134 cm³/mol. The first kappa shape index (κ1) is 24.0. The molecule has 0 spiro atoms. The molecule has 7 heteroatoms. The molecule has 3 aromatic carbocycles. The van der Waals surface area contributed by atoms with Gasteiger partial charge in [-0.15, -0.1) is 0 Å². The summed E-state index contributed by atoms with van der Waals surface area (Å²) in [5, 5.41) is 14.6. The Labute approximate surface area is 204 Å². The topological polar surface area (TPSA) is 105 Å². The number of carbonyl (C=O) groups excluding carboxylic acids is 2. The van der Waals surface area contributed by atoms with Gasteiger partial charge in [-0.05, 0) is 66.8 Å². The quantitative estimate of drug-likeness (QED) is 0.439. The van der Waals surface area contributed by atoms with Crippen molar-refractivity contribution in [2.45, 2.75) is 26.7 Å². The molecule has 0 unspecified atom stereocenters. The zero-order chi connectivity index (χ0) is 25.2. The van der Waals surface area contributed by atoms with E-state index in [-0.39, 0.29) is 30.5 Å². The molecule has 3 N–H and O–H groups in total. The summed E-state index contributed by atoms with van der Waals surface area (Å²) in [5.41, 5.74) is 4.95. The molecule has 180 valence electrons. The number of carboxylic acids is 1. The van der Waals surface area contributed by atoms with Gasteiger partial charge in [-0.25, -0.2) is 9.59 Å². The molecule has 0 fully saturated rings. The molecule has 0 bridgehead atoms. The minimum atomic E-state index is -1.03. The van der Waals surface area contributed by atoms with E-state index in [2.05, 4.69) is 34.9 Å². The van der Waals surface area contributed by atoms with E-state index in [9.17, 15) is 14.4 Å². The van der Waals surface area contributed by atoms with E-state index in [0.717, 1.165) is 22.3 Å². The highest BCUT2D eigenvalue weighted by Crippen LogP contribution is 2.44. The summed E-state index contributed by atoms with van der Waals surface area (Å²) in [5.74, 6) is -1.37. The van der Waals surface area contributed by atoms with E-state index in [1.165, 1.54) is 12.1 Å². The maximum absolute atomic E-state index is 12.8. The second-order valence-electron chi connectivity index (χ2n) is 9.35. The van der Waals surface area contributed by atoms with Crippen LogP contribution in [0.1, 0.15) is 46.8 Å². The van der Waals surface area contributed by atoms with Gasteiger partial charge in [0.05, 0.1) is 11.0 Å². The number of aryl methyl sites for hydroxylation is 1. The van der Waals surface area contributed by atoms with Gasteiger partial charge < -0.3 is 20.5 Å². The fraction of sp³-hybridized carbons (Fsp3) is 0.250. The fourth-order valence-corrected chi connectivity index (χ4v) is 4.25. The lowest BCUT2D eigenvalue weighted by atomic mass is 9.92. The Balaban J connectivity index is 1.34. The van der Waals surface area contributed by atoms with Crippen LogP contribution in [0.25, 0.3) is 11.1 Å². The van der Waals surface area contributed by atoms with Gasteiger partial charge in [0.2, 0.25) is 5.91 Å². The van der Waals surface area contributed by atoms with Crippen LogP contribution in [-0.2, 0) is 9.53 Å². The summed E-state index contributed by atoms with van der Waals surface area (Å²) < 4.78 is 5.55. The Morgan fingerprint density at radius 1 is 0.943 bits per heavy atom. The van der Waals surface area contributed by atoms with Gasteiger partial charge in [0.1, 0.15) is 6.61 Å². The molecule has 0 aliphatic heterocycles. The number of rotatable bonds is 7. The van der Waals surface area contributed by atoms with Crippen LogP contribution in [0.15, 0.2) is 66.7 Å². The minimum Gasteiger partial charge on any atom is -0.478 e. The number of alkyl carbamates (subject to hydrolysis) is 1. The second kappa shape index (κ2) is 9.62. The molecule has 2 amide bonds. The molecule has 4 rings (SSSR count). The Morgan fingerprint density at radius 3 is 2.11 bits per heavy atom. The SMILES string of the molecule is Cc1cc(C(=O)O)ccc1NC(=O)C(C)(C)CNC(=O)OCC1c2ccccc2-c2ccccc21. The lowest BCUT2D eigenvalue weighted by Crippen LogP contribution is -2.42. The van der Waals surface area contributed by atoms with Gasteiger partial charge in [-0.2, -0.15) is 0 Å². The largest absolute Gasteiger partial charge is 0.478 e. The highest BCUT2D eigenvalue weighted by Gasteiger charge is 2.31. The number of aromatic carboxylic acids is 1. The van der Waals surface area contributed by atoms with E-state index in [1.807, 2.05) is 24.3 Å². The maximum atomic E-state index is 12.8. The number of carbonyl (C=O) groups is 3. The van der Waals surface area contributed by atoms with Gasteiger partial charge in [0, 0.05) is 18.2 Å². The van der Waals surface area contributed by atoms with Crippen molar-refractivity contribution >= 4 is 23.7 Å². The molecule has 1 aliphatic carbocycles. The van der Waals surface area contributed by atoms with E-state index in [1.54, 1.807) is 26.8 Å². The van der Waals surface area contributed by atoms with Crippen molar-refractivity contribution in [1.29, 1.82) is 0 Å². The van der Waals surface area contributed by atoms with Crippen molar-refractivity contribution in [2.24, 2.45) is 5.41 Å². The molecule has 7 nitrogen and oxygen atoms in total. The normalized spacial score (nSPS) is 12.4. The summed E-state index contributed by atoms with van der Waals surface area (Å²) in [4.78, 5) is 36.4. The van der Waals surface area contributed by atoms with Crippen LogP contribution in [0.4, 0.5) is 10.5 Å². The highest BCUT2D eigenvalue weighted by molar-refractivity contribution is 5.96. The number of nitrogens with one attached hydrogen (secondary N) is 2. The molecule has 0 radical (unpaired) electrons. The number of hydrogen-bond acceptors (Lipinski definition) is 4. The molecular formula is C28H28N2O5. The Kier molecular flexibility index (Phi) is 6.60. The Hall–Kier alpha value is -4.13. The van der Waals surface area contributed by atoms with Crippen molar-refractivity contribution < 1.29 is 24.2 Å². The monoisotopic (exact) mass is 472 g/mol. The first-order chi connectivity index (χ1) is 16.7. The van der Waals surface area contributed by atoms with Crippen LogP contribution in [0.3, 0.4) is 0 Å². The molecule has 3 aromatic rings. The standard InChI is InChI=1S/C28H28N2O5/c1-17-14-18(25(31)32)12-13-24(17)30-26(33)28(2,3)16-29-27(34)35-15-23-21-10-6-4-8-19(21)20-9-5-7-11-22(20)23/h4-14,23H,15-16H2,1-3H3,(H,29,34)(H,30,33)(H,31,32). The van der Waals surface area contributed by atoms with Crippen LogP contribution in [0.5, 0.6) is 0 Å². The zero-order valence-corrected chi connectivity index (χ0v) is 19.9. The van der Waals surface area contributed by atoms with Crippen molar-refractivity contribution in [1.82, 2.24) is 5.32 Å². The van der Waals surface area contributed by atoms with Crippen molar-refractivity contribution in [3.63, 3.8) is 0 Å². The summed E-state index contributed by atoms with van der Waals surface area (Å²) in [6, 6.07) is 20.7. The zero-order valence-electron chi connectivity index (χ0n) is 19.9. The molecule has 1 aliphatic rings. The van der Waals surface area contributed by atoms with E-state index in [0.29, 0.717) is 11.3 Å². The van der Waals surface area contributed by atoms with Gasteiger partial charge in [-0.1, -0.05) is 48.5 Å². The van der Waals surface area contributed by atoms with E-state index < -0.39 is 17.5 Å². The number of anilines is 1. The summed E-state index contributed by atoms with van der Waals surface area (Å²) in [6.07, 6.45) is -0.588. The Morgan fingerprint density at radius 2 is 1.54 bits per heavy atom. The number of hydrogen-bond donors (Lipinski definition) is 3. The average Bonchev–Trinajstić information content (AvgIpc) is 3.16. The lowest BCUT2D eigenvalue weighted by molar-refractivity contribution is -0.123. The summed E-state index contributed by atoms with van der Waals surface area (Å²) in [7, 11) is 0. The van der Waals surface area contributed by atoms with E-state index >= 15 is 0 Å². The lowest BCUT2D eigenvalue weighted by Gasteiger charge is -2.24. The Bertz CT molecular complexity index is 1250. The smallest absolute Gasteiger partial charge is 0.407 e. The first-order valence-electron chi connectivity index (χ1n) is 11.4. The van der Waals surface area contributed by atoms with Crippen LogP contribution in [-0.4, -0.2) is 36.2 Å². The van der Waals surface area contributed by atoms with Gasteiger partial charge in [0.25, 0.3) is 0 Å². The second-order valence-corrected chi connectivity index (χ2v) is 9.35. The minimum absolute atomic E-state index is 0.0405. The third-order valence-corrected chi connectivity index (χ3v) is 6.35. The predicted octanol–water partition coefficient (Wildman–Crippen LogP) is 5.20. The molecule has 0 heterocycles.